The van der Waals surface area contributed by atoms with Crippen molar-refractivity contribution in [1.29, 1.82) is 0 Å². The average molecular weight is 402 g/mol. The second-order valence-corrected chi connectivity index (χ2v) is 7.61. The van der Waals surface area contributed by atoms with E-state index in [1.807, 2.05) is 62.3 Å². The van der Waals surface area contributed by atoms with Crippen LogP contribution in [-0.2, 0) is 10.3 Å². The van der Waals surface area contributed by atoms with Gasteiger partial charge in [0.1, 0.15) is 17.2 Å². The van der Waals surface area contributed by atoms with E-state index in [2.05, 4.69) is 0 Å². The molecule has 1 spiro atoms. The number of esters is 1. The summed E-state index contributed by atoms with van der Waals surface area (Å²) in [7, 11) is 3.93. The quantitative estimate of drug-likeness (QED) is 0.520. The lowest BCUT2D eigenvalue weighted by molar-refractivity contribution is 0.0224. The molecule has 1 atom stereocenters. The van der Waals surface area contributed by atoms with Crippen LogP contribution in [0.5, 0.6) is 17.2 Å². The van der Waals surface area contributed by atoms with Crippen LogP contribution in [0, 0.1) is 0 Å². The number of nitrogens with two attached hydrogens (primary N) is 1. The molecule has 0 saturated heterocycles. The molecule has 2 N–H and O–H groups in total. The largest absolute Gasteiger partial charge is 0.492 e. The molecule has 3 aromatic rings. The van der Waals surface area contributed by atoms with Crippen LogP contribution in [-0.4, -0.2) is 26.7 Å². The number of nitrogens with zero attached hydrogens (tertiary/aromatic N) is 1. The van der Waals surface area contributed by atoms with Gasteiger partial charge in [-0.05, 0) is 31.2 Å². The van der Waals surface area contributed by atoms with E-state index in [9.17, 15) is 4.79 Å². The first kappa shape index (κ1) is 18.4. The van der Waals surface area contributed by atoms with Gasteiger partial charge in [-0.15, -0.1) is 0 Å². The SMILES string of the molecule is CCOc1cc2c(cc1N)C1(OC(=O)c3ccccc31)c1ccc(N(C)C)cc1O2. The molecule has 2 aliphatic heterocycles. The zero-order chi connectivity index (χ0) is 21.0. The lowest BCUT2D eigenvalue weighted by Crippen LogP contribution is -2.33. The molecule has 152 valence electrons. The Bertz CT molecular complexity index is 1190. The maximum atomic E-state index is 12.9. The number of rotatable bonds is 3. The van der Waals surface area contributed by atoms with Gasteiger partial charge in [0.15, 0.2) is 5.60 Å². The summed E-state index contributed by atoms with van der Waals surface area (Å²) in [5, 5.41) is 0. The topological polar surface area (TPSA) is 74.0 Å². The summed E-state index contributed by atoms with van der Waals surface area (Å²) in [5.74, 6) is 1.36. The van der Waals surface area contributed by atoms with E-state index in [-0.39, 0.29) is 5.97 Å². The number of fused-ring (bicyclic) bond motifs is 6. The van der Waals surface area contributed by atoms with Gasteiger partial charge in [0.2, 0.25) is 0 Å². The van der Waals surface area contributed by atoms with E-state index in [0.29, 0.717) is 40.7 Å². The number of benzene rings is 3. The Balaban J connectivity index is 1.84. The van der Waals surface area contributed by atoms with Crippen molar-refractivity contribution < 1.29 is 19.0 Å². The molecule has 0 aliphatic carbocycles. The Morgan fingerprint density at radius 1 is 1.00 bits per heavy atom. The fraction of sp³-hybridized carbons (Fsp3) is 0.208. The molecular formula is C24H22N2O4. The Hall–Kier alpha value is -3.67. The standard InChI is InChI=1S/C24H22N2O4/c1-4-28-22-13-21-18(12-19(22)25)24(16-8-6-5-7-15(16)23(27)30-24)17-10-9-14(26(2)3)11-20(17)29-21/h5-13H,4,25H2,1-3H3. The minimum absolute atomic E-state index is 0.367. The number of nitrogen functional groups attached to an aromatic ring is 1. The van der Waals surface area contributed by atoms with Crippen molar-refractivity contribution in [2.24, 2.45) is 0 Å². The van der Waals surface area contributed by atoms with E-state index < -0.39 is 5.60 Å². The number of hydrogen-bond donors (Lipinski definition) is 1. The van der Waals surface area contributed by atoms with E-state index in [1.165, 1.54) is 0 Å². The normalized spacial score (nSPS) is 18.2. The Morgan fingerprint density at radius 2 is 1.77 bits per heavy atom. The lowest BCUT2D eigenvalue weighted by atomic mass is 9.77. The predicted molar refractivity (Wildman–Crippen MR) is 115 cm³/mol. The summed E-state index contributed by atoms with van der Waals surface area (Å²) in [5.41, 5.74) is 9.38. The zero-order valence-electron chi connectivity index (χ0n) is 17.1. The van der Waals surface area contributed by atoms with Crippen molar-refractivity contribution in [2.45, 2.75) is 12.5 Å². The summed E-state index contributed by atoms with van der Waals surface area (Å²) in [6.07, 6.45) is 0. The molecule has 2 heterocycles. The molecule has 30 heavy (non-hydrogen) atoms. The molecule has 0 amide bonds. The second-order valence-electron chi connectivity index (χ2n) is 7.61. The number of ether oxygens (including phenoxy) is 3. The van der Waals surface area contributed by atoms with Crippen LogP contribution >= 0.6 is 0 Å². The minimum atomic E-state index is -1.12. The smallest absolute Gasteiger partial charge is 0.340 e. The Labute approximate surface area is 174 Å². The van der Waals surface area contributed by atoms with E-state index in [1.54, 1.807) is 18.2 Å². The molecule has 1 unspecified atom stereocenters. The predicted octanol–water partition coefficient (Wildman–Crippen LogP) is 4.30. The maximum Gasteiger partial charge on any atom is 0.340 e. The molecule has 6 heteroatoms. The Kier molecular flexibility index (Phi) is 3.93. The third-order valence-corrected chi connectivity index (χ3v) is 5.64. The van der Waals surface area contributed by atoms with Gasteiger partial charge >= 0.3 is 5.97 Å². The third-order valence-electron chi connectivity index (χ3n) is 5.64. The Morgan fingerprint density at radius 3 is 2.53 bits per heavy atom. The molecule has 5 rings (SSSR count). The first-order valence-corrected chi connectivity index (χ1v) is 9.85. The highest BCUT2D eigenvalue weighted by atomic mass is 16.6. The lowest BCUT2D eigenvalue weighted by Gasteiger charge is -2.37. The van der Waals surface area contributed by atoms with E-state index >= 15 is 0 Å². The number of hydrogen-bond acceptors (Lipinski definition) is 6. The highest BCUT2D eigenvalue weighted by Crippen LogP contribution is 2.57. The van der Waals surface area contributed by atoms with E-state index in [0.717, 1.165) is 16.8 Å². The molecule has 0 aromatic heterocycles. The van der Waals surface area contributed by atoms with Gasteiger partial charge in [0.25, 0.3) is 0 Å². The number of carbonyl (C=O) groups excluding carboxylic acids is 1. The molecule has 0 saturated carbocycles. The first-order valence-electron chi connectivity index (χ1n) is 9.85. The number of carbonyl (C=O) groups is 1. The molecule has 0 bridgehead atoms. The zero-order valence-corrected chi connectivity index (χ0v) is 17.1. The number of anilines is 2. The molecule has 0 radical (unpaired) electrons. The third kappa shape index (κ3) is 2.40. The van der Waals surface area contributed by atoms with Crippen molar-refractivity contribution in [3.05, 3.63) is 76.9 Å². The summed E-state index contributed by atoms with van der Waals surface area (Å²) < 4.78 is 18.1. The molecule has 2 aliphatic rings. The highest BCUT2D eigenvalue weighted by Gasteiger charge is 2.53. The molecule has 6 nitrogen and oxygen atoms in total. The highest BCUT2D eigenvalue weighted by molar-refractivity contribution is 5.97. The maximum absolute atomic E-state index is 12.9. The van der Waals surface area contributed by atoms with Crippen molar-refractivity contribution >= 4 is 17.3 Å². The fourth-order valence-electron chi connectivity index (χ4n) is 4.26. The van der Waals surface area contributed by atoms with Crippen molar-refractivity contribution in [3.8, 4) is 17.2 Å². The summed E-state index contributed by atoms with van der Waals surface area (Å²) in [4.78, 5) is 14.9. The van der Waals surface area contributed by atoms with Crippen LogP contribution in [0.3, 0.4) is 0 Å². The van der Waals surface area contributed by atoms with Gasteiger partial charge in [-0.25, -0.2) is 4.79 Å². The summed E-state index contributed by atoms with van der Waals surface area (Å²) in [6, 6.07) is 16.9. The van der Waals surface area contributed by atoms with Gasteiger partial charge < -0.3 is 24.8 Å². The summed E-state index contributed by atoms with van der Waals surface area (Å²) >= 11 is 0. The average Bonchev–Trinajstić information content (AvgIpc) is 3.03. The second kappa shape index (κ2) is 6.42. The van der Waals surface area contributed by atoms with Crippen LogP contribution in [0.25, 0.3) is 0 Å². The van der Waals surface area contributed by atoms with Crippen molar-refractivity contribution in [2.75, 3.05) is 31.3 Å². The van der Waals surface area contributed by atoms with Crippen molar-refractivity contribution in [1.82, 2.24) is 0 Å². The van der Waals surface area contributed by atoms with E-state index in [4.69, 9.17) is 19.9 Å². The van der Waals surface area contributed by atoms with Crippen LogP contribution in [0.4, 0.5) is 11.4 Å². The van der Waals surface area contributed by atoms with Crippen LogP contribution in [0.1, 0.15) is 34.0 Å². The van der Waals surface area contributed by atoms with Crippen LogP contribution in [0.15, 0.2) is 54.6 Å². The van der Waals surface area contributed by atoms with Gasteiger partial charge in [-0.1, -0.05) is 18.2 Å². The van der Waals surface area contributed by atoms with Crippen molar-refractivity contribution in [3.63, 3.8) is 0 Å². The first-order chi connectivity index (χ1) is 14.5. The van der Waals surface area contributed by atoms with Gasteiger partial charge in [-0.2, -0.15) is 0 Å². The van der Waals surface area contributed by atoms with Gasteiger partial charge in [0.05, 0.1) is 17.9 Å². The van der Waals surface area contributed by atoms with Gasteiger partial charge in [0, 0.05) is 48.6 Å². The summed E-state index contributed by atoms with van der Waals surface area (Å²) in [6.45, 7) is 2.38. The molecule has 3 aromatic carbocycles. The fourth-order valence-corrected chi connectivity index (χ4v) is 4.26. The molecular weight excluding hydrogens is 380 g/mol. The van der Waals surface area contributed by atoms with Crippen LogP contribution in [0.2, 0.25) is 0 Å². The van der Waals surface area contributed by atoms with Crippen LogP contribution < -0.4 is 20.1 Å². The van der Waals surface area contributed by atoms with Gasteiger partial charge in [-0.3, -0.25) is 0 Å². The molecule has 0 fully saturated rings. The monoisotopic (exact) mass is 402 g/mol. The minimum Gasteiger partial charge on any atom is -0.492 e.